The minimum Gasteiger partial charge on any atom is -0.496 e. The van der Waals surface area contributed by atoms with E-state index in [9.17, 15) is 4.79 Å². The molecule has 1 atom stereocenters. The zero-order chi connectivity index (χ0) is 14.5. The first kappa shape index (κ1) is 14.3. The van der Waals surface area contributed by atoms with Gasteiger partial charge >= 0.3 is 0 Å². The second-order valence-electron chi connectivity index (χ2n) is 4.44. The number of nitrogens with one attached hydrogen (secondary N) is 1. The maximum atomic E-state index is 12.2. The molecule has 0 aliphatic rings. The number of carbonyl (C=O) groups is 1. The van der Waals surface area contributed by atoms with Crippen LogP contribution in [0.2, 0.25) is 0 Å². The van der Waals surface area contributed by atoms with Crippen LogP contribution >= 0.6 is 11.3 Å². The summed E-state index contributed by atoms with van der Waals surface area (Å²) in [6, 6.07) is 4.98. The minimum absolute atomic E-state index is 0.176. The maximum absolute atomic E-state index is 12.2. The first-order chi connectivity index (χ1) is 9.61. The topological polar surface area (TPSA) is 77.2 Å². The van der Waals surface area contributed by atoms with E-state index in [4.69, 9.17) is 10.5 Å². The molecule has 0 saturated carbocycles. The average Bonchev–Trinajstić information content (AvgIpc) is 2.98. The van der Waals surface area contributed by atoms with Gasteiger partial charge in [-0.3, -0.25) is 4.79 Å². The monoisotopic (exact) mass is 291 g/mol. The molecule has 0 aliphatic carbocycles. The van der Waals surface area contributed by atoms with Crippen LogP contribution in [-0.4, -0.2) is 24.5 Å². The fourth-order valence-corrected chi connectivity index (χ4v) is 2.50. The molecule has 0 saturated heterocycles. The van der Waals surface area contributed by atoms with Gasteiger partial charge in [0.25, 0.3) is 5.91 Å². The molecular formula is C14H17N3O2S. The predicted molar refractivity (Wildman–Crippen MR) is 80.3 cm³/mol. The molecule has 0 fully saturated rings. The van der Waals surface area contributed by atoms with E-state index in [-0.39, 0.29) is 11.8 Å². The second kappa shape index (κ2) is 6.38. The van der Waals surface area contributed by atoms with E-state index in [0.29, 0.717) is 23.5 Å². The van der Waals surface area contributed by atoms with E-state index in [0.717, 1.165) is 5.01 Å². The lowest BCUT2D eigenvalue weighted by atomic mass is 10.1. The Hall–Kier alpha value is -2.08. The second-order valence-corrected chi connectivity index (χ2v) is 5.37. The number of hydrogen-bond donors (Lipinski definition) is 2. The number of rotatable bonds is 5. The van der Waals surface area contributed by atoms with Crippen molar-refractivity contribution in [2.75, 3.05) is 19.4 Å². The summed E-state index contributed by atoms with van der Waals surface area (Å²) in [5, 5.41) is 5.82. The van der Waals surface area contributed by atoms with Gasteiger partial charge in [0.15, 0.2) is 0 Å². The van der Waals surface area contributed by atoms with Crippen LogP contribution in [0.3, 0.4) is 0 Å². The number of amides is 1. The number of nitrogens with zero attached hydrogens (tertiary/aromatic N) is 1. The SMILES string of the molecule is COc1cc(N)ccc1C(=O)NCC(C)c1nccs1. The lowest BCUT2D eigenvalue weighted by Crippen LogP contribution is -2.27. The van der Waals surface area contributed by atoms with Gasteiger partial charge in [-0.2, -0.15) is 0 Å². The summed E-state index contributed by atoms with van der Waals surface area (Å²) in [7, 11) is 1.52. The summed E-state index contributed by atoms with van der Waals surface area (Å²) < 4.78 is 5.18. The molecule has 1 aromatic carbocycles. The smallest absolute Gasteiger partial charge is 0.255 e. The van der Waals surface area contributed by atoms with Gasteiger partial charge in [0.1, 0.15) is 5.75 Å². The third kappa shape index (κ3) is 3.27. The number of nitrogen functional groups attached to an aromatic ring is 1. The number of benzene rings is 1. The van der Waals surface area contributed by atoms with Crippen molar-refractivity contribution in [2.24, 2.45) is 0 Å². The van der Waals surface area contributed by atoms with Gasteiger partial charge in [0.2, 0.25) is 0 Å². The molecule has 1 amide bonds. The average molecular weight is 291 g/mol. The maximum Gasteiger partial charge on any atom is 0.255 e. The molecule has 0 spiro atoms. The van der Waals surface area contributed by atoms with Crippen molar-refractivity contribution < 1.29 is 9.53 Å². The molecule has 0 bridgehead atoms. The van der Waals surface area contributed by atoms with Crippen molar-refractivity contribution in [3.8, 4) is 5.75 Å². The first-order valence-electron chi connectivity index (χ1n) is 6.23. The van der Waals surface area contributed by atoms with E-state index in [1.54, 1.807) is 35.7 Å². The van der Waals surface area contributed by atoms with Crippen LogP contribution < -0.4 is 15.8 Å². The van der Waals surface area contributed by atoms with Crippen LogP contribution in [0.5, 0.6) is 5.75 Å². The lowest BCUT2D eigenvalue weighted by molar-refractivity contribution is 0.0948. The third-order valence-electron chi connectivity index (χ3n) is 2.91. The summed E-state index contributed by atoms with van der Waals surface area (Å²) in [5.41, 5.74) is 6.72. The van der Waals surface area contributed by atoms with Gasteiger partial charge < -0.3 is 15.8 Å². The highest BCUT2D eigenvalue weighted by atomic mass is 32.1. The minimum atomic E-state index is -0.176. The molecule has 1 heterocycles. The van der Waals surface area contributed by atoms with E-state index in [1.807, 2.05) is 12.3 Å². The van der Waals surface area contributed by atoms with E-state index < -0.39 is 0 Å². The standard InChI is InChI=1S/C14H17N3O2S/c1-9(14-16-5-6-20-14)8-17-13(18)11-4-3-10(15)7-12(11)19-2/h3-7,9H,8,15H2,1-2H3,(H,17,18). The van der Waals surface area contributed by atoms with Crippen molar-refractivity contribution >= 4 is 22.9 Å². The molecule has 3 N–H and O–H groups in total. The van der Waals surface area contributed by atoms with E-state index in [1.165, 1.54) is 7.11 Å². The van der Waals surface area contributed by atoms with Crippen molar-refractivity contribution in [2.45, 2.75) is 12.8 Å². The number of hydrogen-bond acceptors (Lipinski definition) is 5. The Kier molecular flexibility index (Phi) is 4.57. The van der Waals surface area contributed by atoms with Gasteiger partial charge in [0.05, 0.1) is 17.7 Å². The van der Waals surface area contributed by atoms with Crippen molar-refractivity contribution in [3.63, 3.8) is 0 Å². The summed E-state index contributed by atoms with van der Waals surface area (Å²) in [4.78, 5) is 16.4. The zero-order valence-electron chi connectivity index (χ0n) is 11.4. The van der Waals surface area contributed by atoms with E-state index in [2.05, 4.69) is 10.3 Å². The molecule has 106 valence electrons. The Bertz CT molecular complexity index is 584. The van der Waals surface area contributed by atoms with Crippen LogP contribution in [0.25, 0.3) is 0 Å². The van der Waals surface area contributed by atoms with Crippen LogP contribution in [0.15, 0.2) is 29.8 Å². The molecule has 2 aromatic rings. The zero-order valence-corrected chi connectivity index (χ0v) is 12.2. The Morgan fingerprint density at radius 3 is 3.00 bits per heavy atom. The Balaban J connectivity index is 2.02. The Labute approximate surface area is 121 Å². The molecule has 2 rings (SSSR count). The van der Waals surface area contributed by atoms with Crippen molar-refractivity contribution in [1.29, 1.82) is 0 Å². The van der Waals surface area contributed by atoms with Crippen LogP contribution in [-0.2, 0) is 0 Å². The van der Waals surface area contributed by atoms with E-state index >= 15 is 0 Å². The molecule has 20 heavy (non-hydrogen) atoms. The fraction of sp³-hybridized carbons (Fsp3) is 0.286. The molecule has 5 nitrogen and oxygen atoms in total. The third-order valence-corrected chi connectivity index (χ3v) is 3.92. The largest absolute Gasteiger partial charge is 0.496 e. The molecular weight excluding hydrogens is 274 g/mol. The Morgan fingerprint density at radius 2 is 2.35 bits per heavy atom. The van der Waals surface area contributed by atoms with Crippen molar-refractivity contribution in [3.05, 3.63) is 40.3 Å². The normalized spacial score (nSPS) is 11.9. The lowest BCUT2D eigenvalue weighted by Gasteiger charge is -2.12. The number of methoxy groups -OCH3 is 1. The number of anilines is 1. The fourth-order valence-electron chi connectivity index (χ4n) is 1.80. The summed E-state index contributed by atoms with van der Waals surface area (Å²) in [6.07, 6.45) is 1.77. The molecule has 1 aromatic heterocycles. The van der Waals surface area contributed by atoms with Crippen LogP contribution in [0, 0.1) is 0 Å². The summed E-state index contributed by atoms with van der Waals surface area (Å²) in [6.45, 7) is 2.55. The van der Waals surface area contributed by atoms with Crippen LogP contribution in [0.1, 0.15) is 28.2 Å². The number of thiazole rings is 1. The quantitative estimate of drug-likeness (QED) is 0.828. The van der Waals surface area contributed by atoms with Gasteiger partial charge in [-0.05, 0) is 12.1 Å². The highest BCUT2D eigenvalue weighted by molar-refractivity contribution is 7.09. The van der Waals surface area contributed by atoms with Crippen LogP contribution in [0.4, 0.5) is 5.69 Å². The molecule has 6 heteroatoms. The number of ether oxygens (including phenoxy) is 1. The van der Waals surface area contributed by atoms with Gasteiger partial charge in [0, 0.05) is 35.8 Å². The predicted octanol–water partition coefficient (Wildman–Crippen LogP) is 2.27. The highest BCUT2D eigenvalue weighted by Gasteiger charge is 2.14. The number of nitrogens with two attached hydrogens (primary N) is 1. The van der Waals surface area contributed by atoms with Gasteiger partial charge in [-0.1, -0.05) is 6.92 Å². The van der Waals surface area contributed by atoms with Gasteiger partial charge in [-0.25, -0.2) is 4.98 Å². The number of aromatic nitrogens is 1. The van der Waals surface area contributed by atoms with Crippen molar-refractivity contribution in [1.82, 2.24) is 10.3 Å². The molecule has 0 aliphatic heterocycles. The molecule has 0 radical (unpaired) electrons. The Morgan fingerprint density at radius 1 is 1.55 bits per heavy atom. The highest BCUT2D eigenvalue weighted by Crippen LogP contribution is 2.22. The summed E-state index contributed by atoms with van der Waals surface area (Å²) >= 11 is 1.58. The van der Waals surface area contributed by atoms with Gasteiger partial charge in [-0.15, -0.1) is 11.3 Å². The number of carbonyl (C=O) groups excluding carboxylic acids is 1. The molecule has 1 unspecified atom stereocenters. The summed E-state index contributed by atoms with van der Waals surface area (Å²) in [5.74, 6) is 0.480. The first-order valence-corrected chi connectivity index (χ1v) is 7.11.